The molecule has 0 amide bonds. The van der Waals surface area contributed by atoms with Crippen molar-refractivity contribution in [1.82, 2.24) is 18.9 Å². The van der Waals surface area contributed by atoms with Crippen LogP contribution in [0.5, 0.6) is 0 Å². The molecule has 1 aliphatic rings. The molecule has 96 valence electrons. The molecular formula is C15H12N5+. The molecule has 20 heavy (non-hydrogen) atoms. The van der Waals surface area contributed by atoms with E-state index in [2.05, 4.69) is 48.9 Å². The Bertz CT molecular complexity index is 992. The molecule has 4 aromatic heterocycles. The van der Waals surface area contributed by atoms with Gasteiger partial charge in [-0.15, -0.1) is 0 Å². The third kappa shape index (κ3) is 1.02. The van der Waals surface area contributed by atoms with Crippen LogP contribution >= 0.6 is 0 Å². The second-order valence-corrected chi connectivity index (χ2v) is 5.17. The van der Waals surface area contributed by atoms with Gasteiger partial charge in [-0.3, -0.25) is 9.55 Å². The molecule has 0 N–H and O–H groups in total. The van der Waals surface area contributed by atoms with Crippen molar-refractivity contribution in [2.45, 2.75) is 6.54 Å². The summed E-state index contributed by atoms with van der Waals surface area (Å²) in [7, 11) is 2.11. The Morgan fingerprint density at radius 1 is 1.20 bits per heavy atom. The van der Waals surface area contributed by atoms with Gasteiger partial charge >= 0.3 is 0 Å². The number of imidazole rings is 1. The minimum absolute atomic E-state index is 0.823. The van der Waals surface area contributed by atoms with Gasteiger partial charge in [-0.1, -0.05) is 0 Å². The Morgan fingerprint density at radius 3 is 3.05 bits per heavy atom. The molecule has 0 aliphatic carbocycles. The number of fused-ring (bicyclic) bond motifs is 7. The molecule has 1 aliphatic heterocycles. The molecule has 0 unspecified atom stereocenters. The maximum atomic E-state index is 4.50. The lowest BCUT2D eigenvalue weighted by Gasteiger charge is -1.95. The molecule has 4 aromatic rings. The van der Waals surface area contributed by atoms with Crippen LogP contribution in [-0.4, -0.2) is 18.9 Å². The average Bonchev–Trinajstić information content (AvgIpc) is 3.10. The number of nitrogens with zero attached hydrogens (tertiary/aromatic N) is 5. The second kappa shape index (κ2) is 3.25. The highest BCUT2D eigenvalue weighted by atomic mass is 15.2. The first-order valence-corrected chi connectivity index (χ1v) is 6.63. The highest BCUT2D eigenvalue weighted by molar-refractivity contribution is 5.81. The largest absolute Gasteiger partial charge is 0.275 e. The summed E-state index contributed by atoms with van der Waals surface area (Å²) < 4.78 is 6.70. The Labute approximate surface area is 114 Å². The van der Waals surface area contributed by atoms with Gasteiger partial charge in [-0.25, -0.2) is 14.0 Å². The number of pyridine rings is 1. The van der Waals surface area contributed by atoms with Gasteiger partial charge in [0.25, 0.3) is 5.65 Å². The van der Waals surface area contributed by atoms with Crippen LogP contribution in [0.2, 0.25) is 0 Å². The lowest BCUT2D eigenvalue weighted by Crippen LogP contribution is -2.32. The zero-order valence-corrected chi connectivity index (χ0v) is 11.0. The molecule has 0 aromatic carbocycles. The van der Waals surface area contributed by atoms with E-state index in [1.807, 2.05) is 24.5 Å². The van der Waals surface area contributed by atoms with Crippen LogP contribution in [0.15, 0.2) is 42.9 Å². The summed E-state index contributed by atoms with van der Waals surface area (Å²) in [5.41, 5.74) is 5.73. The second-order valence-electron chi connectivity index (χ2n) is 5.17. The fourth-order valence-corrected chi connectivity index (χ4v) is 3.28. The monoisotopic (exact) mass is 262 g/mol. The van der Waals surface area contributed by atoms with Crippen LogP contribution in [-0.2, 0) is 13.6 Å². The summed E-state index contributed by atoms with van der Waals surface area (Å²) in [6, 6.07) is 8.24. The fourth-order valence-electron chi connectivity index (χ4n) is 3.28. The van der Waals surface area contributed by atoms with E-state index in [0.29, 0.717) is 0 Å². The van der Waals surface area contributed by atoms with Gasteiger partial charge in [0.2, 0.25) is 5.82 Å². The molecular weight excluding hydrogens is 250 g/mol. The third-order valence-corrected chi connectivity index (χ3v) is 4.13. The number of aromatic nitrogens is 5. The van der Waals surface area contributed by atoms with Crippen molar-refractivity contribution >= 4 is 16.8 Å². The zero-order chi connectivity index (χ0) is 13.3. The minimum atomic E-state index is 0.823. The van der Waals surface area contributed by atoms with Crippen LogP contribution in [0.1, 0.15) is 5.69 Å². The van der Waals surface area contributed by atoms with Gasteiger partial charge in [-0.2, -0.15) is 0 Å². The van der Waals surface area contributed by atoms with Crippen LogP contribution in [0.3, 0.4) is 0 Å². The maximum absolute atomic E-state index is 4.50. The van der Waals surface area contributed by atoms with Gasteiger partial charge in [0.1, 0.15) is 6.54 Å². The van der Waals surface area contributed by atoms with Gasteiger partial charge in [-0.05, 0) is 18.2 Å². The van der Waals surface area contributed by atoms with Crippen molar-refractivity contribution in [1.29, 1.82) is 0 Å². The third-order valence-electron chi connectivity index (χ3n) is 4.13. The van der Waals surface area contributed by atoms with Gasteiger partial charge in [0, 0.05) is 18.5 Å². The average molecular weight is 262 g/mol. The molecule has 0 bridgehead atoms. The molecule has 0 saturated carbocycles. The van der Waals surface area contributed by atoms with E-state index in [1.165, 1.54) is 22.6 Å². The molecule has 5 heteroatoms. The Hall–Kier alpha value is -2.69. The first kappa shape index (κ1) is 10.1. The quantitative estimate of drug-likeness (QED) is 0.397. The first-order chi connectivity index (χ1) is 9.84. The first-order valence-electron chi connectivity index (χ1n) is 6.63. The Morgan fingerprint density at radius 2 is 2.10 bits per heavy atom. The maximum Gasteiger partial charge on any atom is 0.275 e. The van der Waals surface area contributed by atoms with Crippen LogP contribution < -0.4 is 4.57 Å². The van der Waals surface area contributed by atoms with Crippen molar-refractivity contribution in [2.24, 2.45) is 7.05 Å². The zero-order valence-electron chi connectivity index (χ0n) is 11.0. The summed E-state index contributed by atoms with van der Waals surface area (Å²) in [5.74, 6) is 1.22. The van der Waals surface area contributed by atoms with Crippen LogP contribution in [0.25, 0.3) is 28.2 Å². The Balaban J connectivity index is 1.99. The van der Waals surface area contributed by atoms with Crippen molar-refractivity contribution in [3.8, 4) is 11.4 Å². The van der Waals surface area contributed by atoms with Crippen LogP contribution in [0.4, 0.5) is 0 Å². The van der Waals surface area contributed by atoms with E-state index in [4.69, 9.17) is 0 Å². The van der Waals surface area contributed by atoms with Gasteiger partial charge in [0.15, 0.2) is 11.2 Å². The van der Waals surface area contributed by atoms with E-state index >= 15 is 0 Å². The minimum Gasteiger partial charge on any atom is -0.257 e. The lowest BCUT2D eigenvalue weighted by atomic mass is 10.2. The van der Waals surface area contributed by atoms with Crippen LogP contribution in [0, 0.1) is 0 Å². The smallest absolute Gasteiger partial charge is 0.257 e. The van der Waals surface area contributed by atoms with E-state index in [0.717, 1.165) is 17.9 Å². The number of rotatable bonds is 0. The molecule has 5 rings (SSSR count). The molecule has 5 heterocycles. The number of hydrogen-bond donors (Lipinski definition) is 0. The topological polar surface area (TPSA) is 39.0 Å². The highest BCUT2D eigenvalue weighted by Gasteiger charge is 2.33. The predicted octanol–water partition coefficient (Wildman–Crippen LogP) is 1.54. The van der Waals surface area contributed by atoms with E-state index in [-0.39, 0.29) is 0 Å². The predicted molar refractivity (Wildman–Crippen MR) is 74.2 cm³/mol. The lowest BCUT2D eigenvalue weighted by molar-refractivity contribution is -0.648. The molecule has 0 fully saturated rings. The number of aryl methyl sites for hydroxylation is 1. The van der Waals surface area contributed by atoms with Gasteiger partial charge < -0.3 is 0 Å². The summed E-state index contributed by atoms with van der Waals surface area (Å²) in [4.78, 5) is 8.93. The number of hydrogen-bond acceptors (Lipinski definition) is 2. The summed E-state index contributed by atoms with van der Waals surface area (Å²) in [5, 5.41) is 0. The van der Waals surface area contributed by atoms with E-state index in [1.54, 1.807) is 0 Å². The summed E-state index contributed by atoms with van der Waals surface area (Å²) in [6.45, 7) is 0.823. The van der Waals surface area contributed by atoms with Crippen molar-refractivity contribution < 1.29 is 4.57 Å². The SMILES string of the molecule is Cn1c2[n+](c3c1cc1ncccn13)Cc1ncccc1-2. The van der Waals surface area contributed by atoms with Gasteiger partial charge in [0.05, 0.1) is 24.5 Å². The molecule has 5 nitrogen and oxygen atoms in total. The van der Waals surface area contributed by atoms with E-state index in [9.17, 15) is 0 Å². The molecule has 0 saturated heterocycles. The van der Waals surface area contributed by atoms with Crippen molar-refractivity contribution in [2.75, 3.05) is 0 Å². The fraction of sp³-hybridized carbons (Fsp3) is 0.133. The molecule has 0 atom stereocenters. The summed E-state index contributed by atoms with van der Waals surface area (Å²) >= 11 is 0. The summed E-state index contributed by atoms with van der Waals surface area (Å²) in [6.07, 6.45) is 5.75. The molecule has 0 radical (unpaired) electrons. The normalized spacial score (nSPS) is 13.1. The Kier molecular flexibility index (Phi) is 1.65. The van der Waals surface area contributed by atoms with Crippen molar-refractivity contribution in [3.63, 3.8) is 0 Å². The van der Waals surface area contributed by atoms with E-state index < -0.39 is 0 Å². The molecule has 0 spiro atoms. The standard InChI is InChI=1S/C15H12N5/c1-18-12-8-13-17-6-3-7-19(13)15(12)20-9-11-10(14(18)20)4-2-5-16-11/h2-8H,9H2,1H3/q+1. The van der Waals surface area contributed by atoms with Crippen molar-refractivity contribution in [3.05, 3.63) is 48.5 Å². The highest BCUT2D eigenvalue weighted by Crippen LogP contribution is 2.30.